The highest BCUT2D eigenvalue weighted by Gasteiger charge is 2.19. The van der Waals surface area contributed by atoms with Crippen LogP contribution in [0.2, 0.25) is 0 Å². The third kappa shape index (κ3) is 5.94. The molecule has 13 heteroatoms. The van der Waals surface area contributed by atoms with Crippen LogP contribution in [0.5, 0.6) is 17.4 Å². The van der Waals surface area contributed by atoms with Crippen LogP contribution in [-0.4, -0.2) is 32.4 Å². The molecule has 0 atom stereocenters. The van der Waals surface area contributed by atoms with Gasteiger partial charge in [0.15, 0.2) is 11.5 Å². The van der Waals surface area contributed by atoms with Crippen molar-refractivity contribution in [2.75, 3.05) is 6.61 Å². The van der Waals surface area contributed by atoms with Crippen LogP contribution in [0, 0.1) is 10.1 Å². The molecule has 0 fully saturated rings. The number of rotatable bonds is 9. The lowest BCUT2D eigenvalue weighted by atomic mass is 10.2. The Balaban J connectivity index is 1.77. The SMILES string of the molecule is CCCc1nc2ccc(Br)cc2c(=O)n1N=Cc1cc(OCC)c(Oc2ccc([N+](=O)[O-])cn2)c(Br)c1Br. The minimum atomic E-state index is -0.538. The molecule has 0 saturated carbocycles. The maximum atomic E-state index is 13.3. The topological polar surface area (TPSA) is 122 Å². The summed E-state index contributed by atoms with van der Waals surface area (Å²) in [6.45, 7) is 4.18. The van der Waals surface area contributed by atoms with Gasteiger partial charge in [0, 0.05) is 33.1 Å². The van der Waals surface area contributed by atoms with Crippen molar-refractivity contribution in [2.45, 2.75) is 26.7 Å². The van der Waals surface area contributed by atoms with E-state index < -0.39 is 4.92 Å². The Morgan fingerprint density at radius 3 is 2.58 bits per heavy atom. The van der Waals surface area contributed by atoms with E-state index in [1.165, 1.54) is 23.0 Å². The maximum absolute atomic E-state index is 13.3. The standard InChI is InChI=1S/C25H20Br3N5O5/c1-3-5-20-31-18-8-6-15(26)11-17(18)25(34)32(20)30-12-14-10-19(37-4-2)24(23(28)22(14)27)38-21-9-7-16(13-29-21)33(35)36/h6-13H,3-5H2,1-2H3. The largest absolute Gasteiger partial charge is 0.490 e. The van der Waals surface area contributed by atoms with Crippen molar-refractivity contribution < 1.29 is 14.4 Å². The van der Waals surface area contributed by atoms with Gasteiger partial charge in [-0.25, -0.2) is 9.97 Å². The van der Waals surface area contributed by atoms with E-state index in [1.807, 2.05) is 19.9 Å². The van der Waals surface area contributed by atoms with Gasteiger partial charge in [-0.3, -0.25) is 14.9 Å². The van der Waals surface area contributed by atoms with E-state index in [0.717, 1.165) is 17.1 Å². The predicted octanol–water partition coefficient (Wildman–Crippen LogP) is 7.01. The minimum absolute atomic E-state index is 0.148. The molecule has 0 spiro atoms. The smallest absolute Gasteiger partial charge is 0.287 e. The Hall–Kier alpha value is -3.16. The summed E-state index contributed by atoms with van der Waals surface area (Å²) in [5.74, 6) is 1.40. The van der Waals surface area contributed by atoms with Crippen LogP contribution < -0.4 is 15.0 Å². The summed E-state index contributed by atoms with van der Waals surface area (Å²) in [6.07, 6.45) is 4.01. The number of aromatic nitrogens is 3. The first kappa shape index (κ1) is 27.9. The molecule has 0 bridgehead atoms. The summed E-state index contributed by atoms with van der Waals surface area (Å²) in [5.41, 5.74) is 0.785. The van der Waals surface area contributed by atoms with E-state index in [4.69, 9.17) is 9.47 Å². The monoisotopic (exact) mass is 707 g/mol. The molecule has 2 aromatic carbocycles. The molecular formula is C25H20Br3N5O5. The fourth-order valence-electron chi connectivity index (χ4n) is 3.52. The van der Waals surface area contributed by atoms with Crippen LogP contribution in [0.4, 0.5) is 5.69 Å². The molecule has 0 saturated heterocycles. The molecule has 0 radical (unpaired) electrons. The summed E-state index contributed by atoms with van der Waals surface area (Å²) in [4.78, 5) is 32.4. The zero-order valence-electron chi connectivity index (χ0n) is 20.2. The number of nitro groups is 1. The highest BCUT2D eigenvalue weighted by atomic mass is 79.9. The first-order valence-electron chi connectivity index (χ1n) is 11.4. The number of nitrogens with zero attached hydrogens (tertiary/aromatic N) is 5. The highest BCUT2D eigenvalue weighted by molar-refractivity contribution is 9.13. The molecule has 4 rings (SSSR count). The van der Waals surface area contributed by atoms with E-state index >= 15 is 0 Å². The normalized spacial score (nSPS) is 11.3. The van der Waals surface area contributed by atoms with Crippen LogP contribution in [0.15, 0.2) is 65.9 Å². The number of hydrogen-bond acceptors (Lipinski definition) is 8. The molecule has 0 amide bonds. The van der Waals surface area contributed by atoms with Gasteiger partial charge in [0.25, 0.3) is 11.2 Å². The van der Waals surface area contributed by atoms with Crippen LogP contribution >= 0.6 is 47.8 Å². The molecule has 2 heterocycles. The number of aryl methyl sites for hydroxylation is 1. The average Bonchev–Trinajstić information content (AvgIpc) is 2.89. The lowest BCUT2D eigenvalue weighted by Crippen LogP contribution is -2.22. The minimum Gasteiger partial charge on any atom is -0.490 e. The van der Waals surface area contributed by atoms with Gasteiger partial charge in [-0.05, 0) is 69.5 Å². The van der Waals surface area contributed by atoms with Crippen molar-refractivity contribution in [3.63, 3.8) is 0 Å². The van der Waals surface area contributed by atoms with Gasteiger partial charge in [-0.15, -0.1) is 0 Å². The third-order valence-corrected chi connectivity index (χ3v) is 7.89. The Kier molecular flexibility index (Phi) is 8.90. The average molecular weight is 710 g/mol. The van der Waals surface area contributed by atoms with Gasteiger partial charge < -0.3 is 9.47 Å². The molecule has 2 aromatic heterocycles. The molecule has 10 nitrogen and oxygen atoms in total. The molecule has 0 unspecified atom stereocenters. The molecule has 0 aliphatic heterocycles. The fourth-order valence-corrected chi connectivity index (χ4v) is 4.78. The third-order valence-electron chi connectivity index (χ3n) is 5.26. The Labute approximate surface area is 242 Å². The molecule has 0 N–H and O–H groups in total. The lowest BCUT2D eigenvalue weighted by molar-refractivity contribution is -0.385. The molecular weight excluding hydrogens is 690 g/mol. The van der Waals surface area contributed by atoms with E-state index in [1.54, 1.807) is 18.2 Å². The highest BCUT2D eigenvalue weighted by Crippen LogP contribution is 2.44. The Bertz CT molecular complexity index is 1610. The summed E-state index contributed by atoms with van der Waals surface area (Å²) < 4.78 is 14.9. The summed E-state index contributed by atoms with van der Waals surface area (Å²) in [6, 6.07) is 9.78. The predicted molar refractivity (Wildman–Crippen MR) is 155 cm³/mol. The Morgan fingerprint density at radius 2 is 1.92 bits per heavy atom. The summed E-state index contributed by atoms with van der Waals surface area (Å²) in [5, 5.41) is 15.9. The van der Waals surface area contributed by atoms with Crippen LogP contribution in [-0.2, 0) is 6.42 Å². The second kappa shape index (κ2) is 12.1. The Morgan fingerprint density at radius 1 is 1.13 bits per heavy atom. The van der Waals surface area contributed by atoms with Gasteiger partial charge in [0.05, 0.1) is 33.1 Å². The molecule has 38 heavy (non-hydrogen) atoms. The van der Waals surface area contributed by atoms with Crippen LogP contribution in [0.3, 0.4) is 0 Å². The number of halogens is 3. The number of benzene rings is 2. The van der Waals surface area contributed by atoms with Crippen molar-refractivity contribution in [1.29, 1.82) is 0 Å². The van der Waals surface area contributed by atoms with E-state index in [-0.39, 0.29) is 17.1 Å². The first-order chi connectivity index (χ1) is 18.2. The van der Waals surface area contributed by atoms with E-state index in [0.29, 0.717) is 55.8 Å². The summed E-state index contributed by atoms with van der Waals surface area (Å²) >= 11 is 10.5. The van der Waals surface area contributed by atoms with Crippen molar-refractivity contribution in [3.8, 4) is 17.4 Å². The second-order valence-electron chi connectivity index (χ2n) is 7.87. The molecule has 196 valence electrons. The molecule has 0 aliphatic carbocycles. The van der Waals surface area contributed by atoms with Crippen molar-refractivity contribution in [2.24, 2.45) is 5.10 Å². The number of ether oxygens (including phenoxy) is 2. The van der Waals surface area contributed by atoms with Gasteiger partial charge >= 0.3 is 0 Å². The van der Waals surface area contributed by atoms with E-state index in [9.17, 15) is 14.9 Å². The first-order valence-corrected chi connectivity index (χ1v) is 13.8. The second-order valence-corrected chi connectivity index (χ2v) is 10.4. The quantitative estimate of drug-likeness (QED) is 0.104. The van der Waals surface area contributed by atoms with Gasteiger partial charge in [-0.2, -0.15) is 9.78 Å². The van der Waals surface area contributed by atoms with Gasteiger partial charge in [0.2, 0.25) is 5.88 Å². The summed E-state index contributed by atoms with van der Waals surface area (Å²) in [7, 11) is 0. The van der Waals surface area contributed by atoms with Crippen LogP contribution in [0.25, 0.3) is 10.9 Å². The van der Waals surface area contributed by atoms with Crippen molar-refractivity contribution in [1.82, 2.24) is 14.6 Å². The molecule has 4 aromatic rings. The van der Waals surface area contributed by atoms with Crippen LogP contribution in [0.1, 0.15) is 31.7 Å². The lowest BCUT2D eigenvalue weighted by Gasteiger charge is -2.15. The van der Waals surface area contributed by atoms with Crippen molar-refractivity contribution in [3.05, 3.63) is 87.9 Å². The maximum Gasteiger partial charge on any atom is 0.287 e. The van der Waals surface area contributed by atoms with Gasteiger partial charge in [-0.1, -0.05) is 22.9 Å². The molecule has 0 aliphatic rings. The van der Waals surface area contributed by atoms with Gasteiger partial charge in [0.1, 0.15) is 12.0 Å². The fraction of sp³-hybridized carbons (Fsp3) is 0.200. The zero-order valence-corrected chi connectivity index (χ0v) is 24.9. The number of pyridine rings is 1. The van der Waals surface area contributed by atoms with E-state index in [2.05, 4.69) is 62.9 Å². The number of hydrogen-bond donors (Lipinski definition) is 0. The zero-order chi connectivity index (χ0) is 27.4. The number of fused-ring (bicyclic) bond motifs is 1. The van der Waals surface area contributed by atoms with Crippen molar-refractivity contribution >= 4 is 70.6 Å².